The molecule has 4 rings (SSSR count). The molecular weight excluding hydrogens is 645 g/mol. The average molecular weight is 683 g/mol. The molecule has 0 aromatic heterocycles. The summed E-state index contributed by atoms with van der Waals surface area (Å²) < 4.78 is 34.6. The molecule has 0 aliphatic heterocycles. The van der Waals surface area contributed by atoms with Crippen LogP contribution in [0.5, 0.6) is 5.75 Å². The zero-order valence-electron chi connectivity index (χ0n) is 25.9. The lowest BCUT2D eigenvalue weighted by molar-refractivity contribution is -0.140. The van der Waals surface area contributed by atoms with Crippen molar-refractivity contribution >= 4 is 50.7 Å². The number of hydrogen-bond donors (Lipinski definition) is 1. The Hall–Kier alpha value is -4.05. The van der Waals surface area contributed by atoms with Crippen LogP contribution in [0.3, 0.4) is 0 Å². The minimum Gasteiger partial charge on any atom is -0.497 e. The van der Waals surface area contributed by atoms with Crippen LogP contribution in [0.15, 0.2) is 108 Å². The maximum absolute atomic E-state index is 14.6. The van der Waals surface area contributed by atoms with Crippen molar-refractivity contribution in [1.82, 2.24) is 10.2 Å². The summed E-state index contributed by atoms with van der Waals surface area (Å²) in [7, 11) is -2.75. The number of benzene rings is 4. The molecule has 11 heteroatoms. The molecule has 0 saturated carbocycles. The fraction of sp³-hybridized carbons (Fsp3) is 0.257. The molecule has 1 N–H and O–H groups in total. The van der Waals surface area contributed by atoms with Crippen molar-refractivity contribution in [3.63, 3.8) is 0 Å². The summed E-state index contributed by atoms with van der Waals surface area (Å²) in [5.41, 5.74) is 1.61. The average Bonchev–Trinajstić information content (AvgIpc) is 3.06. The Morgan fingerprint density at radius 2 is 1.52 bits per heavy atom. The van der Waals surface area contributed by atoms with E-state index in [0.717, 1.165) is 9.87 Å². The van der Waals surface area contributed by atoms with E-state index < -0.39 is 28.5 Å². The zero-order chi connectivity index (χ0) is 33.3. The summed E-state index contributed by atoms with van der Waals surface area (Å²) in [4.78, 5) is 29.9. The van der Waals surface area contributed by atoms with E-state index in [4.69, 9.17) is 27.9 Å². The minimum absolute atomic E-state index is 0.00896. The summed E-state index contributed by atoms with van der Waals surface area (Å²) in [5.74, 6) is -0.375. The van der Waals surface area contributed by atoms with Gasteiger partial charge in [-0.25, -0.2) is 8.42 Å². The highest BCUT2D eigenvalue weighted by molar-refractivity contribution is 7.92. The van der Waals surface area contributed by atoms with E-state index >= 15 is 0 Å². The van der Waals surface area contributed by atoms with E-state index in [0.29, 0.717) is 22.8 Å². The number of methoxy groups -OCH3 is 1. The Kier molecular flexibility index (Phi) is 12.1. The van der Waals surface area contributed by atoms with Gasteiger partial charge in [0.1, 0.15) is 18.3 Å². The first kappa shape index (κ1) is 34.8. The first-order valence-electron chi connectivity index (χ1n) is 14.8. The van der Waals surface area contributed by atoms with Crippen molar-refractivity contribution in [2.45, 2.75) is 50.2 Å². The van der Waals surface area contributed by atoms with Gasteiger partial charge in [0.15, 0.2) is 0 Å². The molecule has 8 nitrogen and oxygen atoms in total. The third kappa shape index (κ3) is 8.81. The maximum atomic E-state index is 14.6. The standard InChI is InChI=1S/C35H37Cl2N3O5S/c1-4-25(2)38-35(42)33(21-26-12-7-5-8-13-26)39(23-27-14-11-15-29(20-27)45-3)34(41)24-40(32-19-18-28(36)22-31(32)37)46(43,44)30-16-9-6-10-17-30/h5-20,22,25,33H,4,21,23-24H2,1-3H3,(H,38,42)/t25-,33-/m0/s1. The summed E-state index contributed by atoms with van der Waals surface area (Å²) in [5, 5.41) is 3.38. The molecule has 0 spiro atoms. The molecule has 0 bridgehead atoms. The summed E-state index contributed by atoms with van der Waals surface area (Å²) in [6.45, 7) is 3.22. The monoisotopic (exact) mass is 681 g/mol. The number of rotatable bonds is 14. The van der Waals surface area contributed by atoms with Crippen LogP contribution in [0.2, 0.25) is 10.0 Å². The van der Waals surface area contributed by atoms with Crippen LogP contribution in [0.4, 0.5) is 5.69 Å². The Bertz CT molecular complexity index is 1740. The van der Waals surface area contributed by atoms with Gasteiger partial charge in [0.05, 0.1) is 22.7 Å². The first-order chi connectivity index (χ1) is 22.0. The van der Waals surface area contributed by atoms with Gasteiger partial charge in [-0.1, -0.05) is 90.8 Å². The van der Waals surface area contributed by atoms with E-state index in [1.165, 1.54) is 35.2 Å². The van der Waals surface area contributed by atoms with Gasteiger partial charge in [-0.05, 0) is 66.9 Å². The van der Waals surface area contributed by atoms with Crippen molar-refractivity contribution in [3.05, 3.63) is 124 Å². The van der Waals surface area contributed by atoms with Gasteiger partial charge in [0.2, 0.25) is 11.8 Å². The quantitative estimate of drug-likeness (QED) is 0.159. The van der Waals surface area contributed by atoms with Crippen LogP contribution in [0.1, 0.15) is 31.4 Å². The van der Waals surface area contributed by atoms with E-state index in [1.807, 2.05) is 50.2 Å². The number of sulfonamides is 1. The predicted octanol–water partition coefficient (Wildman–Crippen LogP) is 6.75. The number of hydrogen-bond acceptors (Lipinski definition) is 5. The molecule has 2 atom stereocenters. The number of carbonyl (C=O) groups is 2. The van der Waals surface area contributed by atoms with Crippen molar-refractivity contribution in [1.29, 1.82) is 0 Å². The molecule has 46 heavy (non-hydrogen) atoms. The Morgan fingerprint density at radius 1 is 0.870 bits per heavy atom. The SMILES string of the molecule is CC[C@H](C)NC(=O)[C@H](Cc1ccccc1)N(Cc1cccc(OC)c1)C(=O)CN(c1ccc(Cl)cc1Cl)S(=O)(=O)c1ccccc1. The van der Waals surface area contributed by atoms with Gasteiger partial charge >= 0.3 is 0 Å². The summed E-state index contributed by atoms with van der Waals surface area (Å²) in [6, 6.07) is 27.6. The van der Waals surface area contributed by atoms with Crippen LogP contribution in [0, 0.1) is 0 Å². The lowest BCUT2D eigenvalue weighted by Crippen LogP contribution is -2.54. The molecule has 4 aromatic carbocycles. The molecule has 0 heterocycles. The van der Waals surface area contributed by atoms with Gasteiger partial charge in [0.25, 0.3) is 10.0 Å². The fourth-order valence-corrected chi connectivity index (χ4v) is 6.89. The summed E-state index contributed by atoms with van der Waals surface area (Å²) >= 11 is 12.7. The Morgan fingerprint density at radius 3 is 2.15 bits per heavy atom. The summed E-state index contributed by atoms with van der Waals surface area (Å²) in [6.07, 6.45) is 0.887. The number of amides is 2. The van der Waals surface area contributed by atoms with Crippen molar-refractivity contribution < 1.29 is 22.7 Å². The molecule has 0 aliphatic carbocycles. The highest BCUT2D eigenvalue weighted by Crippen LogP contribution is 2.33. The van der Waals surface area contributed by atoms with Crippen LogP contribution in [0.25, 0.3) is 0 Å². The largest absolute Gasteiger partial charge is 0.497 e. The van der Waals surface area contributed by atoms with Gasteiger partial charge in [-0.15, -0.1) is 0 Å². The second-order valence-corrected chi connectivity index (χ2v) is 13.5. The van der Waals surface area contributed by atoms with E-state index in [1.54, 1.807) is 43.5 Å². The van der Waals surface area contributed by atoms with E-state index in [-0.39, 0.29) is 40.5 Å². The van der Waals surface area contributed by atoms with Crippen molar-refractivity contribution in [2.75, 3.05) is 18.0 Å². The first-order valence-corrected chi connectivity index (χ1v) is 17.0. The van der Waals surface area contributed by atoms with Gasteiger partial charge in [-0.2, -0.15) is 0 Å². The number of nitrogens with one attached hydrogen (secondary N) is 1. The highest BCUT2D eigenvalue weighted by atomic mass is 35.5. The molecule has 0 unspecified atom stereocenters. The number of ether oxygens (including phenoxy) is 1. The molecular formula is C35H37Cl2N3O5S. The molecule has 0 aliphatic rings. The molecule has 242 valence electrons. The van der Waals surface area contributed by atoms with Crippen LogP contribution >= 0.6 is 23.2 Å². The highest BCUT2D eigenvalue weighted by Gasteiger charge is 2.35. The van der Waals surface area contributed by atoms with Crippen molar-refractivity contribution in [3.8, 4) is 5.75 Å². The van der Waals surface area contributed by atoms with E-state index in [2.05, 4.69) is 5.32 Å². The lowest BCUT2D eigenvalue weighted by Gasteiger charge is -2.34. The third-order valence-electron chi connectivity index (χ3n) is 7.55. The van der Waals surface area contributed by atoms with Gasteiger partial charge < -0.3 is 15.0 Å². The topological polar surface area (TPSA) is 96.0 Å². The maximum Gasteiger partial charge on any atom is 0.264 e. The molecule has 0 radical (unpaired) electrons. The molecule has 4 aromatic rings. The second-order valence-electron chi connectivity index (χ2n) is 10.8. The number of halogens is 2. The Labute approximate surface area is 280 Å². The van der Waals surface area contributed by atoms with Gasteiger partial charge in [-0.3, -0.25) is 13.9 Å². The smallest absolute Gasteiger partial charge is 0.264 e. The van der Waals surface area contributed by atoms with E-state index in [9.17, 15) is 18.0 Å². The molecule has 0 fully saturated rings. The Balaban J connectivity index is 1.83. The molecule has 2 amide bonds. The van der Waals surface area contributed by atoms with Crippen LogP contribution < -0.4 is 14.4 Å². The lowest BCUT2D eigenvalue weighted by atomic mass is 10.0. The van der Waals surface area contributed by atoms with Crippen molar-refractivity contribution in [2.24, 2.45) is 0 Å². The zero-order valence-corrected chi connectivity index (χ0v) is 28.2. The predicted molar refractivity (Wildman–Crippen MR) is 183 cm³/mol. The number of carbonyl (C=O) groups excluding carboxylic acids is 2. The normalized spacial score (nSPS) is 12.5. The number of anilines is 1. The second kappa shape index (κ2) is 16.0. The van der Waals surface area contributed by atoms with Crippen LogP contribution in [-0.4, -0.2) is 50.9 Å². The fourth-order valence-electron chi connectivity index (χ4n) is 4.88. The van der Waals surface area contributed by atoms with Crippen LogP contribution in [-0.2, 0) is 32.6 Å². The third-order valence-corrected chi connectivity index (χ3v) is 9.86. The molecule has 0 saturated heterocycles. The number of nitrogens with zero attached hydrogens (tertiary/aromatic N) is 2. The van der Waals surface area contributed by atoms with Gasteiger partial charge in [0, 0.05) is 24.0 Å². The minimum atomic E-state index is -4.29.